The second kappa shape index (κ2) is 8.86. The Bertz CT molecular complexity index is 1360. The molecule has 0 unspecified atom stereocenters. The van der Waals surface area contributed by atoms with E-state index in [4.69, 9.17) is 14.5 Å². The number of ether oxygens (including phenoxy) is 2. The zero-order chi connectivity index (χ0) is 24.1. The smallest absolute Gasteiger partial charge is 0.226 e. The van der Waals surface area contributed by atoms with Gasteiger partial charge in [-0.05, 0) is 81.3 Å². The van der Waals surface area contributed by atoms with Gasteiger partial charge in [0.2, 0.25) is 5.88 Å². The van der Waals surface area contributed by atoms with E-state index < -0.39 is 0 Å². The number of H-pyrrole nitrogens is 2. The SMILES string of the molecule is COc1ncc2cc(C3CC3)[nH]c2c1-c1nc2c(OCC(C)C)c(C3CCN(C)CC3)ccc2[nH]1. The van der Waals surface area contributed by atoms with Crippen LogP contribution < -0.4 is 9.47 Å². The van der Waals surface area contributed by atoms with Crippen LogP contribution in [0, 0.1) is 5.92 Å². The van der Waals surface area contributed by atoms with Gasteiger partial charge in [-0.1, -0.05) is 19.9 Å². The molecule has 0 radical (unpaired) electrons. The average Bonchev–Trinajstić information content (AvgIpc) is 3.47. The Hall–Kier alpha value is -3.06. The molecule has 2 fully saturated rings. The summed E-state index contributed by atoms with van der Waals surface area (Å²) < 4.78 is 12.2. The molecule has 184 valence electrons. The van der Waals surface area contributed by atoms with Crippen molar-refractivity contribution in [1.82, 2.24) is 24.8 Å². The fraction of sp³-hybridized carbons (Fsp3) is 0.500. The van der Waals surface area contributed by atoms with Crippen LogP contribution in [0.1, 0.15) is 62.6 Å². The normalized spacial score (nSPS) is 17.6. The van der Waals surface area contributed by atoms with Gasteiger partial charge < -0.3 is 24.3 Å². The van der Waals surface area contributed by atoms with Crippen LogP contribution in [0.3, 0.4) is 0 Å². The predicted molar refractivity (Wildman–Crippen MR) is 140 cm³/mol. The first kappa shape index (κ1) is 22.4. The van der Waals surface area contributed by atoms with E-state index in [1.807, 2.05) is 6.20 Å². The minimum Gasteiger partial charge on any atom is -0.491 e. The summed E-state index contributed by atoms with van der Waals surface area (Å²) in [5.41, 5.74) is 6.33. The molecule has 7 heteroatoms. The molecule has 1 aliphatic carbocycles. The first-order valence-electron chi connectivity index (χ1n) is 12.9. The summed E-state index contributed by atoms with van der Waals surface area (Å²) in [5, 5.41) is 1.09. The van der Waals surface area contributed by atoms with E-state index in [1.165, 1.54) is 24.1 Å². The lowest BCUT2D eigenvalue weighted by molar-refractivity contribution is 0.243. The monoisotopic (exact) mass is 473 g/mol. The molecule has 6 rings (SSSR count). The highest BCUT2D eigenvalue weighted by atomic mass is 16.5. The third-order valence-electron chi connectivity index (χ3n) is 7.46. The third-order valence-corrected chi connectivity index (χ3v) is 7.46. The first-order valence-corrected chi connectivity index (χ1v) is 12.9. The van der Waals surface area contributed by atoms with Gasteiger partial charge in [0.1, 0.15) is 16.9 Å². The number of rotatable bonds is 7. The van der Waals surface area contributed by atoms with Crippen LogP contribution in [-0.2, 0) is 0 Å². The Labute approximate surface area is 206 Å². The molecule has 4 aromatic rings. The number of hydrogen-bond donors (Lipinski definition) is 2. The molecule has 7 nitrogen and oxygen atoms in total. The second-order valence-corrected chi connectivity index (χ2v) is 10.7. The van der Waals surface area contributed by atoms with Gasteiger partial charge in [-0.2, -0.15) is 0 Å². The minimum absolute atomic E-state index is 0.437. The molecular weight excluding hydrogens is 438 g/mol. The lowest BCUT2D eigenvalue weighted by Crippen LogP contribution is -2.29. The summed E-state index contributed by atoms with van der Waals surface area (Å²) in [6.07, 6.45) is 6.65. The number of hydrogen-bond acceptors (Lipinski definition) is 5. The molecule has 1 aromatic carbocycles. The highest BCUT2D eigenvalue weighted by Crippen LogP contribution is 2.44. The van der Waals surface area contributed by atoms with E-state index in [-0.39, 0.29) is 0 Å². The Morgan fingerprint density at radius 2 is 1.89 bits per heavy atom. The van der Waals surface area contributed by atoms with Crippen LogP contribution in [0.2, 0.25) is 0 Å². The van der Waals surface area contributed by atoms with Crippen molar-refractivity contribution in [2.45, 2.75) is 51.4 Å². The molecule has 0 amide bonds. The lowest BCUT2D eigenvalue weighted by atomic mass is 9.88. The quantitative estimate of drug-likeness (QED) is 0.353. The van der Waals surface area contributed by atoms with E-state index in [0.29, 0.717) is 30.2 Å². The molecule has 3 aromatic heterocycles. The van der Waals surface area contributed by atoms with Gasteiger partial charge in [0, 0.05) is 17.3 Å². The van der Waals surface area contributed by atoms with E-state index >= 15 is 0 Å². The van der Waals surface area contributed by atoms with Gasteiger partial charge >= 0.3 is 0 Å². The highest BCUT2D eigenvalue weighted by molar-refractivity contribution is 5.97. The standard InChI is InChI=1S/C28H35N5O2/c1-16(2)15-35-26-20(17-9-11-33(3)12-10-17)7-8-21-25(26)32-27(31-21)23-24-19(14-29-28(23)34-4)13-22(30-24)18-5-6-18/h7-8,13-14,16-18,30H,5-6,9-12,15H2,1-4H3,(H,31,32). The van der Waals surface area contributed by atoms with Gasteiger partial charge in [0.25, 0.3) is 0 Å². The molecule has 2 N–H and O–H groups in total. The van der Waals surface area contributed by atoms with Gasteiger partial charge in [-0.3, -0.25) is 0 Å². The summed E-state index contributed by atoms with van der Waals surface area (Å²) in [7, 11) is 3.87. The third kappa shape index (κ3) is 4.16. The Morgan fingerprint density at radius 1 is 1.09 bits per heavy atom. The molecule has 4 heterocycles. The predicted octanol–water partition coefficient (Wildman–Crippen LogP) is 5.84. The molecule has 1 saturated heterocycles. The molecule has 0 atom stereocenters. The van der Waals surface area contributed by atoms with E-state index in [1.54, 1.807) is 7.11 Å². The van der Waals surface area contributed by atoms with Crippen molar-refractivity contribution < 1.29 is 9.47 Å². The number of likely N-dealkylation sites (tertiary alicyclic amines) is 1. The summed E-state index contributed by atoms with van der Waals surface area (Å²) in [6, 6.07) is 6.62. The number of aromatic nitrogens is 4. The van der Waals surface area contributed by atoms with Crippen molar-refractivity contribution in [1.29, 1.82) is 0 Å². The second-order valence-electron chi connectivity index (χ2n) is 10.7. The Balaban J connectivity index is 1.49. The van der Waals surface area contributed by atoms with Crippen LogP contribution in [0.15, 0.2) is 24.4 Å². The van der Waals surface area contributed by atoms with Gasteiger partial charge in [0.05, 0.1) is 24.8 Å². The number of methoxy groups -OCH3 is 1. The van der Waals surface area contributed by atoms with E-state index in [0.717, 1.165) is 65.0 Å². The van der Waals surface area contributed by atoms with Crippen molar-refractivity contribution in [2.24, 2.45) is 5.92 Å². The number of pyridine rings is 1. The fourth-order valence-electron chi connectivity index (χ4n) is 5.32. The lowest BCUT2D eigenvalue weighted by Gasteiger charge is -2.30. The number of imidazole rings is 1. The Kier molecular flexibility index (Phi) is 5.67. The molecule has 35 heavy (non-hydrogen) atoms. The van der Waals surface area contributed by atoms with Crippen molar-refractivity contribution in [3.8, 4) is 23.0 Å². The van der Waals surface area contributed by atoms with Crippen LogP contribution in [0.5, 0.6) is 11.6 Å². The number of nitrogens with one attached hydrogen (secondary N) is 2. The largest absolute Gasteiger partial charge is 0.491 e. The van der Waals surface area contributed by atoms with E-state index in [2.05, 4.69) is 58.9 Å². The summed E-state index contributed by atoms with van der Waals surface area (Å²) in [5.74, 6) is 3.81. The van der Waals surface area contributed by atoms with Gasteiger partial charge in [-0.15, -0.1) is 0 Å². The molecule has 0 spiro atoms. The van der Waals surface area contributed by atoms with Gasteiger partial charge in [0.15, 0.2) is 5.75 Å². The summed E-state index contributed by atoms with van der Waals surface area (Å²) >= 11 is 0. The first-order chi connectivity index (χ1) is 17.0. The molecule has 1 saturated carbocycles. The zero-order valence-corrected chi connectivity index (χ0v) is 21.1. The summed E-state index contributed by atoms with van der Waals surface area (Å²) in [4.78, 5) is 19.3. The highest BCUT2D eigenvalue weighted by Gasteiger charge is 2.28. The molecule has 2 aliphatic rings. The van der Waals surface area contributed by atoms with Crippen LogP contribution in [-0.4, -0.2) is 58.7 Å². The fourth-order valence-corrected chi connectivity index (χ4v) is 5.32. The van der Waals surface area contributed by atoms with Crippen molar-refractivity contribution >= 4 is 21.9 Å². The van der Waals surface area contributed by atoms with Crippen LogP contribution in [0.25, 0.3) is 33.3 Å². The zero-order valence-electron chi connectivity index (χ0n) is 21.1. The number of nitrogens with zero attached hydrogens (tertiary/aromatic N) is 3. The van der Waals surface area contributed by atoms with Crippen molar-refractivity contribution in [2.75, 3.05) is 33.9 Å². The number of aromatic amines is 2. The number of piperidine rings is 1. The van der Waals surface area contributed by atoms with Crippen LogP contribution in [0.4, 0.5) is 0 Å². The van der Waals surface area contributed by atoms with Crippen molar-refractivity contribution in [3.05, 3.63) is 35.7 Å². The van der Waals surface area contributed by atoms with Gasteiger partial charge in [-0.25, -0.2) is 9.97 Å². The minimum atomic E-state index is 0.437. The number of benzene rings is 1. The summed E-state index contributed by atoms with van der Waals surface area (Å²) in [6.45, 7) is 7.26. The van der Waals surface area contributed by atoms with E-state index in [9.17, 15) is 0 Å². The topological polar surface area (TPSA) is 79.1 Å². The maximum absolute atomic E-state index is 6.48. The molecule has 0 bridgehead atoms. The molecule has 1 aliphatic heterocycles. The maximum atomic E-state index is 6.48. The number of fused-ring (bicyclic) bond motifs is 2. The Morgan fingerprint density at radius 3 is 2.60 bits per heavy atom. The molecular formula is C28H35N5O2. The average molecular weight is 474 g/mol. The maximum Gasteiger partial charge on any atom is 0.226 e. The van der Waals surface area contributed by atoms with Crippen LogP contribution >= 0.6 is 0 Å². The van der Waals surface area contributed by atoms with Crippen molar-refractivity contribution in [3.63, 3.8) is 0 Å².